The number of nitrogen functional groups attached to an aromatic ring is 1. The van der Waals surface area contributed by atoms with Gasteiger partial charge in [-0.3, -0.25) is 0 Å². The lowest BCUT2D eigenvalue weighted by Crippen LogP contribution is -2.20. The molecule has 0 aromatic carbocycles. The van der Waals surface area contributed by atoms with Crippen molar-refractivity contribution in [1.29, 1.82) is 0 Å². The van der Waals surface area contributed by atoms with Crippen molar-refractivity contribution in [2.45, 2.75) is 13.5 Å². The summed E-state index contributed by atoms with van der Waals surface area (Å²) in [6.45, 7) is 4.24. The van der Waals surface area contributed by atoms with Crippen molar-refractivity contribution in [1.82, 2.24) is 14.9 Å². The molecule has 0 radical (unpaired) electrons. The second kappa shape index (κ2) is 7.80. The lowest BCUT2D eigenvalue weighted by atomic mass is 10.5. The fraction of sp³-hybridized carbons (Fsp3) is 0.636. The molecule has 1 rings (SSSR count). The lowest BCUT2D eigenvalue weighted by Gasteiger charge is -2.12. The first kappa shape index (κ1) is 14.6. The van der Waals surface area contributed by atoms with Crippen molar-refractivity contribution >= 4 is 5.82 Å². The average Bonchev–Trinajstić information content (AvgIpc) is 2.35. The molecule has 0 atom stereocenters. The zero-order chi connectivity index (χ0) is 13.4. The molecule has 0 saturated carbocycles. The van der Waals surface area contributed by atoms with Gasteiger partial charge in [0.25, 0.3) is 0 Å². The van der Waals surface area contributed by atoms with E-state index in [1.807, 2.05) is 25.9 Å². The Morgan fingerprint density at radius 1 is 1.39 bits per heavy atom. The average molecular weight is 255 g/mol. The molecule has 0 bridgehead atoms. The van der Waals surface area contributed by atoms with Gasteiger partial charge in [-0.1, -0.05) is 0 Å². The van der Waals surface area contributed by atoms with Crippen LogP contribution in [0.1, 0.15) is 12.7 Å². The Balaban J connectivity index is 2.64. The maximum Gasteiger partial charge on any atom is 0.218 e. The van der Waals surface area contributed by atoms with Crippen LogP contribution in [-0.4, -0.2) is 48.7 Å². The predicted molar refractivity (Wildman–Crippen MR) is 69.2 cm³/mol. The van der Waals surface area contributed by atoms with Gasteiger partial charge in [0.1, 0.15) is 19.0 Å². The third-order valence-electron chi connectivity index (χ3n) is 2.12. The fourth-order valence-electron chi connectivity index (χ4n) is 1.21. The summed E-state index contributed by atoms with van der Waals surface area (Å²) < 4.78 is 10.8. The van der Waals surface area contributed by atoms with E-state index < -0.39 is 0 Å². The van der Waals surface area contributed by atoms with Crippen molar-refractivity contribution < 1.29 is 9.47 Å². The minimum atomic E-state index is 0.343. The highest BCUT2D eigenvalue weighted by Gasteiger charge is 2.05. The van der Waals surface area contributed by atoms with E-state index in [1.165, 1.54) is 0 Å². The minimum Gasteiger partial charge on any atom is -0.476 e. The van der Waals surface area contributed by atoms with Gasteiger partial charge in [-0.25, -0.2) is 10.8 Å². The molecule has 0 aliphatic carbocycles. The maximum absolute atomic E-state index is 5.54. The number of ether oxygens (including phenoxy) is 2. The SMILES string of the molecule is CCOCc1nc(NN)cc(OCCN(C)C)n1. The van der Waals surface area contributed by atoms with Crippen LogP contribution >= 0.6 is 0 Å². The first-order chi connectivity index (χ1) is 8.65. The van der Waals surface area contributed by atoms with E-state index in [2.05, 4.69) is 15.4 Å². The van der Waals surface area contributed by atoms with Crippen molar-refractivity contribution in [2.75, 3.05) is 39.3 Å². The summed E-state index contributed by atoms with van der Waals surface area (Å²) in [5, 5.41) is 0. The molecule has 0 aliphatic rings. The van der Waals surface area contributed by atoms with Crippen LogP contribution in [0.4, 0.5) is 5.82 Å². The molecule has 0 amide bonds. The van der Waals surface area contributed by atoms with Crippen LogP contribution in [0.15, 0.2) is 6.07 Å². The summed E-state index contributed by atoms with van der Waals surface area (Å²) in [4.78, 5) is 10.4. The highest BCUT2D eigenvalue weighted by molar-refractivity contribution is 5.36. The first-order valence-electron chi connectivity index (χ1n) is 5.85. The van der Waals surface area contributed by atoms with Gasteiger partial charge in [-0.05, 0) is 21.0 Å². The molecule has 1 aromatic heterocycles. The number of likely N-dealkylation sites (N-methyl/N-ethyl adjacent to an activating group) is 1. The second-order valence-corrected chi connectivity index (χ2v) is 3.94. The first-order valence-corrected chi connectivity index (χ1v) is 5.85. The summed E-state index contributed by atoms with van der Waals surface area (Å²) in [5.41, 5.74) is 2.49. The zero-order valence-electron chi connectivity index (χ0n) is 11.1. The van der Waals surface area contributed by atoms with E-state index in [0.29, 0.717) is 37.3 Å². The van der Waals surface area contributed by atoms with Crippen molar-refractivity contribution in [3.63, 3.8) is 0 Å². The van der Waals surface area contributed by atoms with Crippen LogP contribution in [0, 0.1) is 0 Å². The Morgan fingerprint density at radius 2 is 2.17 bits per heavy atom. The maximum atomic E-state index is 5.54. The van der Waals surface area contributed by atoms with Crippen LogP contribution in [0.2, 0.25) is 0 Å². The Hall–Kier alpha value is -1.44. The molecule has 1 aromatic rings. The molecule has 3 N–H and O–H groups in total. The van der Waals surface area contributed by atoms with Crippen molar-refractivity contribution in [2.24, 2.45) is 5.84 Å². The van der Waals surface area contributed by atoms with E-state index in [9.17, 15) is 0 Å². The zero-order valence-corrected chi connectivity index (χ0v) is 11.1. The van der Waals surface area contributed by atoms with Gasteiger partial charge in [-0.2, -0.15) is 4.98 Å². The molecule has 0 fully saturated rings. The van der Waals surface area contributed by atoms with E-state index in [4.69, 9.17) is 15.3 Å². The van der Waals surface area contributed by atoms with E-state index >= 15 is 0 Å². The van der Waals surface area contributed by atoms with Crippen LogP contribution in [0.25, 0.3) is 0 Å². The number of hydrogen-bond donors (Lipinski definition) is 2. The highest BCUT2D eigenvalue weighted by atomic mass is 16.5. The van der Waals surface area contributed by atoms with E-state index in [0.717, 1.165) is 6.54 Å². The summed E-state index contributed by atoms with van der Waals surface area (Å²) in [6, 6.07) is 1.66. The number of rotatable bonds is 8. The molecule has 0 spiro atoms. The van der Waals surface area contributed by atoms with Gasteiger partial charge >= 0.3 is 0 Å². The summed E-state index contributed by atoms with van der Waals surface area (Å²) in [7, 11) is 3.97. The number of anilines is 1. The van der Waals surface area contributed by atoms with Crippen molar-refractivity contribution in [3.05, 3.63) is 11.9 Å². The summed E-state index contributed by atoms with van der Waals surface area (Å²) >= 11 is 0. The van der Waals surface area contributed by atoms with Crippen LogP contribution < -0.4 is 16.0 Å². The molecule has 7 heteroatoms. The Labute approximate surface area is 107 Å². The standard InChI is InChI=1S/C11H21N5O2/c1-4-17-8-10-13-9(15-12)7-11(14-10)18-6-5-16(2)3/h7H,4-6,8,12H2,1-3H3,(H,13,14,15). The minimum absolute atomic E-state index is 0.343. The molecule has 7 nitrogen and oxygen atoms in total. The molecular weight excluding hydrogens is 234 g/mol. The van der Waals surface area contributed by atoms with Crippen LogP contribution in [0.5, 0.6) is 5.88 Å². The van der Waals surface area contributed by atoms with Gasteiger partial charge in [0.05, 0.1) is 0 Å². The Morgan fingerprint density at radius 3 is 2.78 bits per heavy atom. The van der Waals surface area contributed by atoms with E-state index in [1.54, 1.807) is 6.07 Å². The van der Waals surface area contributed by atoms with Crippen molar-refractivity contribution in [3.8, 4) is 5.88 Å². The smallest absolute Gasteiger partial charge is 0.218 e. The number of nitrogens with two attached hydrogens (primary N) is 1. The Bertz CT molecular complexity index is 359. The quantitative estimate of drug-likeness (QED) is 0.508. The van der Waals surface area contributed by atoms with Gasteiger partial charge < -0.3 is 19.8 Å². The number of hydrazine groups is 1. The van der Waals surface area contributed by atoms with E-state index in [-0.39, 0.29) is 0 Å². The molecule has 0 aliphatic heterocycles. The van der Waals surface area contributed by atoms with Crippen LogP contribution in [-0.2, 0) is 11.3 Å². The fourth-order valence-corrected chi connectivity index (χ4v) is 1.21. The molecular formula is C11H21N5O2. The number of nitrogens with one attached hydrogen (secondary N) is 1. The topological polar surface area (TPSA) is 85.5 Å². The third-order valence-corrected chi connectivity index (χ3v) is 2.12. The predicted octanol–water partition coefficient (Wildman–Crippen LogP) is 0.239. The number of nitrogens with zero attached hydrogens (tertiary/aromatic N) is 3. The number of hydrogen-bond acceptors (Lipinski definition) is 7. The van der Waals surface area contributed by atoms with Gasteiger partial charge in [0.2, 0.25) is 5.88 Å². The lowest BCUT2D eigenvalue weighted by molar-refractivity contribution is 0.127. The molecule has 0 saturated heterocycles. The van der Waals surface area contributed by atoms with Crippen LogP contribution in [0.3, 0.4) is 0 Å². The normalized spacial score (nSPS) is 10.7. The Kier molecular flexibility index (Phi) is 6.34. The summed E-state index contributed by atoms with van der Waals surface area (Å²) in [5.74, 6) is 6.90. The highest BCUT2D eigenvalue weighted by Crippen LogP contribution is 2.13. The van der Waals surface area contributed by atoms with Gasteiger partial charge in [0, 0.05) is 19.2 Å². The summed E-state index contributed by atoms with van der Waals surface area (Å²) in [6.07, 6.45) is 0. The molecule has 18 heavy (non-hydrogen) atoms. The molecule has 0 unspecified atom stereocenters. The number of aromatic nitrogens is 2. The second-order valence-electron chi connectivity index (χ2n) is 3.94. The third kappa shape index (κ3) is 5.26. The monoisotopic (exact) mass is 255 g/mol. The molecule has 1 heterocycles. The van der Waals surface area contributed by atoms with Gasteiger partial charge in [0.15, 0.2) is 5.82 Å². The molecule has 102 valence electrons. The van der Waals surface area contributed by atoms with Gasteiger partial charge in [-0.15, -0.1) is 0 Å². The largest absolute Gasteiger partial charge is 0.476 e.